The number of amides is 1. The first-order valence-corrected chi connectivity index (χ1v) is 6.35. The highest BCUT2D eigenvalue weighted by molar-refractivity contribution is 5.95. The van der Waals surface area contributed by atoms with E-state index < -0.39 is 52.7 Å². The van der Waals surface area contributed by atoms with Gasteiger partial charge in [-0.25, -0.2) is 22.0 Å². The van der Waals surface area contributed by atoms with E-state index in [1.165, 1.54) is 0 Å². The van der Waals surface area contributed by atoms with Crippen LogP contribution in [0.5, 0.6) is 0 Å². The molecule has 1 aromatic rings. The van der Waals surface area contributed by atoms with E-state index in [0.717, 1.165) is 6.42 Å². The molecule has 0 unspecified atom stereocenters. The summed E-state index contributed by atoms with van der Waals surface area (Å²) in [5, 5.41) is 11.8. The molecule has 2 rings (SSSR count). The van der Waals surface area contributed by atoms with Crippen LogP contribution in [0.1, 0.15) is 36.0 Å². The minimum Gasteiger partial charge on any atom is -0.391 e. The van der Waals surface area contributed by atoms with E-state index in [4.69, 9.17) is 0 Å². The van der Waals surface area contributed by atoms with Crippen molar-refractivity contribution in [2.45, 2.75) is 37.8 Å². The first-order chi connectivity index (χ1) is 9.84. The van der Waals surface area contributed by atoms with Crippen LogP contribution >= 0.6 is 0 Å². The van der Waals surface area contributed by atoms with Crippen LogP contribution in [0.3, 0.4) is 0 Å². The van der Waals surface area contributed by atoms with E-state index in [1.807, 2.05) is 0 Å². The zero-order valence-corrected chi connectivity index (χ0v) is 10.7. The van der Waals surface area contributed by atoms with Crippen molar-refractivity contribution < 1.29 is 31.9 Å². The Labute approximate surface area is 116 Å². The molecule has 0 spiro atoms. The molecule has 21 heavy (non-hydrogen) atoms. The molecule has 0 aromatic heterocycles. The SMILES string of the molecule is O=C(N[C@@H]1CCCC[C@H]1O)c1c(F)c(F)c(F)c(F)c1F. The normalized spacial score (nSPS) is 22.2. The van der Waals surface area contributed by atoms with Gasteiger partial charge in [0.15, 0.2) is 23.3 Å². The minimum absolute atomic E-state index is 0.363. The van der Waals surface area contributed by atoms with Gasteiger partial charge >= 0.3 is 0 Å². The molecule has 3 nitrogen and oxygen atoms in total. The van der Waals surface area contributed by atoms with E-state index in [-0.39, 0.29) is 0 Å². The molecule has 1 fully saturated rings. The van der Waals surface area contributed by atoms with E-state index in [0.29, 0.717) is 19.3 Å². The number of nitrogens with one attached hydrogen (secondary N) is 1. The van der Waals surface area contributed by atoms with Crippen LogP contribution in [0.2, 0.25) is 0 Å². The van der Waals surface area contributed by atoms with Crippen molar-refractivity contribution in [3.05, 3.63) is 34.6 Å². The second-order valence-corrected chi connectivity index (χ2v) is 4.88. The van der Waals surface area contributed by atoms with Gasteiger partial charge in [0.25, 0.3) is 5.91 Å². The van der Waals surface area contributed by atoms with Crippen molar-refractivity contribution in [2.75, 3.05) is 0 Å². The summed E-state index contributed by atoms with van der Waals surface area (Å²) in [6, 6.07) is -0.777. The topological polar surface area (TPSA) is 49.3 Å². The molecule has 0 heterocycles. The number of carbonyl (C=O) groups is 1. The molecule has 116 valence electrons. The minimum atomic E-state index is -2.32. The van der Waals surface area contributed by atoms with Crippen molar-refractivity contribution in [3.8, 4) is 0 Å². The first kappa shape index (κ1) is 15.7. The Balaban J connectivity index is 2.31. The lowest BCUT2D eigenvalue weighted by Crippen LogP contribution is -2.45. The second kappa shape index (κ2) is 5.97. The molecular formula is C13H12F5NO2. The molecule has 1 aromatic carbocycles. The third-order valence-electron chi connectivity index (χ3n) is 3.48. The van der Waals surface area contributed by atoms with Crippen LogP contribution in [0.25, 0.3) is 0 Å². The van der Waals surface area contributed by atoms with Gasteiger partial charge in [0.2, 0.25) is 5.82 Å². The predicted molar refractivity (Wildman–Crippen MR) is 62.0 cm³/mol. The Hall–Kier alpha value is -1.70. The number of rotatable bonds is 2. The summed E-state index contributed by atoms with van der Waals surface area (Å²) in [6.07, 6.45) is 1.25. The van der Waals surface area contributed by atoms with Crippen LogP contribution in [0, 0.1) is 29.1 Å². The first-order valence-electron chi connectivity index (χ1n) is 6.35. The third-order valence-corrected chi connectivity index (χ3v) is 3.48. The highest BCUT2D eigenvalue weighted by Crippen LogP contribution is 2.24. The van der Waals surface area contributed by atoms with Gasteiger partial charge in [0.05, 0.1) is 12.1 Å². The molecule has 2 N–H and O–H groups in total. The summed E-state index contributed by atoms with van der Waals surface area (Å²) in [7, 11) is 0. The highest BCUT2D eigenvalue weighted by atomic mass is 19.2. The number of halogens is 5. The summed E-state index contributed by atoms with van der Waals surface area (Å²) in [4.78, 5) is 11.8. The van der Waals surface area contributed by atoms with Gasteiger partial charge in [-0.3, -0.25) is 4.79 Å². The van der Waals surface area contributed by atoms with Gasteiger partial charge in [0, 0.05) is 0 Å². The van der Waals surface area contributed by atoms with Crippen molar-refractivity contribution in [3.63, 3.8) is 0 Å². The maximum atomic E-state index is 13.5. The van der Waals surface area contributed by atoms with E-state index >= 15 is 0 Å². The monoisotopic (exact) mass is 309 g/mol. The van der Waals surface area contributed by atoms with Gasteiger partial charge in [-0.15, -0.1) is 0 Å². The average Bonchev–Trinajstić information content (AvgIpc) is 2.46. The van der Waals surface area contributed by atoms with Crippen LogP contribution in [-0.2, 0) is 0 Å². The molecule has 1 aliphatic carbocycles. The van der Waals surface area contributed by atoms with Crippen molar-refractivity contribution in [1.29, 1.82) is 0 Å². The lowest BCUT2D eigenvalue weighted by atomic mass is 9.92. The fourth-order valence-electron chi connectivity index (χ4n) is 2.32. The molecule has 0 saturated heterocycles. The van der Waals surface area contributed by atoms with E-state index in [1.54, 1.807) is 0 Å². The highest BCUT2D eigenvalue weighted by Gasteiger charge is 2.32. The molecule has 0 aliphatic heterocycles. The standard InChI is InChI=1S/C13H12F5NO2/c14-8-7(9(15)11(17)12(18)10(8)16)13(21)19-5-3-1-2-4-6(5)20/h5-6,20H,1-4H2,(H,19,21)/t5-,6-/m1/s1. The van der Waals surface area contributed by atoms with Gasteiger partial charge < -0.3 is 10.4 Å². The Bertz CT molecular complexity index is 549. The van der Waals surface area contributed by atoms with Gasteiger partial charge in [-0.2, -0.15) is 0 Å². The maximum absolute atomic E-state index is 13.5. The van der Waals surface area contributed by atoms with Gasteiger partial charge in [0.1, 0.15) is 5.56 Å². The number of aliphatic hydroxyl groups excluding tert-OH is 1. The van der Waals surface area contributed by atoms with Crippen LogP contribution in [0.15, 0.2) is 0 Å². The fraction of sp³-hybridized carbons (Fsp3) is 0.462. The Morgan fingerprint density at radius 3 is 1.90 bits per heavy atom. The summed E-state index contributed by atoms with van der Waals surface area (Å²) in [5.74, 6) is -12.5. The lowest BCUT2D eigenvalue weighted by molar-refractivity contribution is 0.0709. The number of carbonyl (C=O) groups excluding carboxylic acids is 1. The lowest BCUT2D eigenvalue weighted by Gasteiger charge is -2.28. The van der Waals surface area contributed by atoms with Gasteiger partial charge in [-0.1, -0.05) is 12.8 Å². The average molecular weight is 309 g/mol. The number of hydrogen-bond donors (Lipinski definition) is 2. The Morgan fingerprint density at radius 1 is 0.905 bits per heavy atom. The molecule has 0 radical (unpaired) electrons. The molecule has 1 amide bonds. The van der Waals surface area contributed by atoms with Crippen molar-refractivity contribution in [1.82, 2.24) is 5.32 Å². The molecule has 1 aliphatic rings. The van der Waals surface area contributed by atoms with Crippen LogP contribution < -0.4 is 5.32 Å². The number of aliphatic hydroxyl groups is 1. The zero-order valence-electron chi connectivity index (χ0n) is 10.7. The van der Waals surface area contributed by atoms with Gasteiger partial charge in [-0.05, 0) is 12.8 Å². The van der Waals surface area contributed by atoms with Crippen molar-refractivity contribution >= 4 is 5.91 Å². The van der Waals surface area contributed by atoms with Crippen LogP contribution in [0.4, 0.5) is 22.0 Å². The molecule has 1 saturated carbocycles. The predicted octanol–water partition coefficient (Wildman–Crippen LogP) is 2.42. The quantitative estimate of drug-likeness (QED) is 0.501. The summed E-state index contributed by atoms with van der Waals surface area (Å²) >= 11 is 0. The summed E-state index contributed by atoms with van der Waals surface area (Å²) in [5.41, 5.74) is -1.54. The third kappa shape index (κ3) is 2.85. The second-order valence-electron chi connectivity index (χ2n) is 4.88. The van der Waals surface area contributed by atoms with Crippen molar-refractivity contribution in [2.24, 2.45) is 0 Å². The molecular weight excluding hydrogens is 297 g/mol. The molecule has 2 atom stereocenters. The van der Waals surface area contributed by atoms with E-state index in [2.05, 4.69) is 5.32 Å². The summed E-state index contributed by atoms with van der Waals surface area (Å²) in [6.45, 7) is 0. The largest absolute Gasteiger partial charge is 0.391 e. The molecule has 0 bridgehead atoms. The number of hydrogen-bond acceptors (Lipinski definition) is 2. The van der Waals surface area contributed by atoms with Crippen LogP contribution in [-0.4, -0.2) is 23.2 Å². The fourth-order valence-corrected chi connectivity index (χ4v) is 2.32. The Kier molecular flexibility index (Phi) is 4.46. The molecule has 8 heteroatoms. The van der Waals surface area contributed by atoms with E-state index in [9.17, 15) is 31.9 Å². The summed E-state index contributed by atoms with van der Waals surface area (Å²) < 4.78 is 65.9. The zero-order chi connectivity index (χ0) is 15.7. The number of benzene rings is 1. The maximum Gasteiger partial charge on any atom is 0.257 e. The smallest absolute Gasteiger partial charge is 0.257 e. The Morgan fingerprint density at radius 2 is 1.38 bits per heavy atom.